The number of nitrogens with one attached hydrogen (secondary N) is 1. The Bertz CT molecular complexity index is 455. The van der Waals surface area contributed by atoms with Gasteiger partial charge in [-0.3, -0.25) is 10.1 Å². The lowest BCUT2D eigenvalue weighted by atomic mass is 10.1. The fourth-order valence-electron chi connectivity index (χ4n) is 1.84. The lowest BCUT2D eigenvalue weighted by molar-refractivity contribution is -0.139. The van der Waals surface area contributed by atoms with Gasteiger partial charge in [0.1, 0.15) is 11.8 Å². The van der Waals surface area contributed by atoms with Crippen LogP contribution < -0.4 is 10.1 Å². The van der Waals surface area contributed by atoms with Gasteiger partial charge in [0, 0.05) is 4.47 Å². The lowest BCUT2D eigenvalue weighted by Gasteiger charge is -2.29. The second kappa shape index (κ2) is 5.95. The van der Waals surface area contributed by atoms with E-state index in [0.29, 0.717) is 6.42 Å². The van der Waals surface area contributed by atoms with E-state index in [2.05, 4.69) is 21.2 Å². The van der Waals surface area contributed by atoms with Crippen LogP contribution in [-0.2, 0) is 4.79 Å². The van der Waals surface area contributed by atoms with E-state index in [1.54, 1.807) is 18.9 Å². The molecular weight excluding hydrogens is 318 g/mol. The first-order valence-electron chi connectivity index (χ1n) is 5.55. The van der Waals surface area contributed by atoms with Crippen LogP contribution >= 0.6 is 27.7 Å². The smallest absolute Gasteiger partial charge is 0.320 e. The summed E-state index contributed by atoms with van der Waals surface area (Å²) in [5.41, 5.74) is 1.02. The molecule has 0 amide bonds. The number of benzene rings is 1. The van der Waals surface area contributed by atoms with E-state index in [1.165, 1.54) is 0 Å². The van der Waals surface area contributed by atoms with Crippen molar-refractivity contribution in [3.05, 3.63) is 28.2 Å². The highest BCUT2D eigenvalue weighted by Crippen LogP contribution is 2.37. The first-order valence-corrected chi connectivity index (χ1v) is 7.40. The van der Waals surface area contributed by atoms with Gasteiger partial charge in [0.05, 0.1) is 12.5 Å². The molecule has 0 bridgehead atoms. The molecule has 98 valence electrons. The van der Waals surface area contributed by atoms with Gasteiger partial charge in [-0.05, 0) is 35.9 Å². The Hall–Kier alpha value is -0.720. The van der Waals surface area contributed by atoms with Crippen LogP contribution in [0, 0.1) is 0 Å². The molecule has 4 nitrogen and oxygen atoms in total. The molecule has 2 N–H and O–H groups in total. The third-order valence-electron chi connectivity index (χ3n) is 2.83. The SMILES string of the molecule is COc1ccc(Br)c(C2NC(C(=O)O)CCS2)c1. The minimum absolute atomic E-state index is 0.0238. The maximum Gasteiger partial charge on any atom is 0.320 e. The van der Waals surface area contributed by atoms with Gasteiger partial charge in [0.15, 0.2) is 0 Å². The number of hydrogen-bond donors (Lipinski definition) is 2. The lowest BCUT2D eigenvalue weighted by Crippen LogP contribution is -2.41. The molecule has 1 fully saturated rings. The number of carboxylic acids is 1. The molecule has 6 heteroatoms. The van der Waals surface area contributed by atoms with Gasteiger partial charge in [-0.1, -0.05) is 15.9 Å². The highest BCUT2D eigenvalue weighted by Gasteiger charge is 2.28. The molecule has 2 rings (SSSR count). The number of carboxylic acid groups (broad SMARTS) is 1. The molecule has 0 aromatic heterocycles. The summed E-state index contributed by atoms with van der Waals surface area (Å²) in [5.74, 6) is 0.811. The highest BCUT2D eigenvalue weighted by atomic mass is 79.9. The molecule has 0 aliphatic carbocycles. The molecule has 0 saturated carbocycles. The normalized spacial score (nSPS) is 23.7. The van der Waals surface area contributed by atoms with E-state index >= 15 is 0 Å². The summed E-state index contributed by atoms with van der Waals surface area (Å²) in [5, 5.41) is 12.2. The summed E-state index contributed by atoms with van der Waals surface area (Å²) in [6.45, 7) is 0. The minimum atomic E-state index is -0.792. The van der Waals surface area contributed by atoms with Crippen LogP contribution in [0.5, 0.6) is 5.75 Å². The standard InChI is InChI=1S/C12H14BrNO3S/c1-17-7-2-3-9(13)8(6-7)11-14-10(12(15)16)4-5-18-11/h2-3,6,10-11,14H,4-5H2,1H3,(H,15,16). The topological polar surface area (TPSA) is 58.6 Å². The fourth-order valence-corrected chi connectivity index (χ4v) is 3.71. The van der Waals surface area contributed by atoms with Gasteiger partial charge in [-0.25, -0.2) is 0 Å². The number of hydrogen-bond acceptors (Lipinski definition) is 4. The first-order chi connectivity index (χ1) is 8.61. The third kappa shape index (κ3) is 2.99. The molecule has 1 aromatic rings. The van der Waals surface area contributed by atoms with E-state index in [9.17, 15) is 4.79 Å². The molecule has 0 spiro atoms. The zero-order valence-corrected chi connectivity index (χ0v) is 12.3. The van der Waals surface area contributed by atoms with Gasteiger partial charge < -0.3 is 9.84 Å². The number of halogens is 1. The van der Waals surface area contributed by atoms with Crippen molar-refractivity contribution >= 4 is 33.7 Å². The van der Waals surface area contributed by atoms with Crippen molar-refractivity contribution in [2.45, 2.75) is 17.8 Å². The maximum atomic E-state index is 11.0. The quantitative estimate of drug-likeness (QED) is 0.891. The monoisotopic (exact) mass is 331 g/mol. The number of aliphatic carboxylic acids is 1. The summed E-state index contributed by atoms with van der Waals surface area (Å²) in [7, 11) is 1.62. The molecule has 1 aliphatic heterocycles. The summed E-state index contributed by atoms with van der Waals surface area (Å²) in [6.07, 6.45) is 0.651. The van der Waals surface area contributed by atoms with Crippen LogP contribution in [0.3, 0.4) is 0 Å². The predicted molar refractivity (Wildman–Crippen MR) is 75.1 cm³/mol. The molecular formula is C12H14BrNO3S. The predicted octanol–water partition coefficient (Wildman–Crippen LogP) is 2.64. The molecule has 2 unspecified atom stereocenters. The Kier molecular flexibility index (Phi) is 4.53. The van der Waals surface area contributed by atoms with Crippen molar-refractivity contribution in [1.29, 1.82) is 0 Å². The van der Waals surface area contributed by atoms with E-state index in [1.807, 2.05) is 18.2 Å². The molecule has 1 heterocycles. The first kappa shape index (κ1) is 13.7. The molecule has 0 radical (unpaired) electrons. The van der Waals surface area contributed by atoms with Crippen molar-refractivity contribution in [2.24, 2.45) is 0 Å². The van der Waals surface area contributed by atoms with Crippen molar-refractivity contribution in [1.82, 2.24) is 5.32 Å². The summed E-state index contributed by atoms with van der Waals surface area (Å²) in [6, 6.07) is 5.24. The summed E-state index contributed by atoms with van der Waals surface area (Å²) < 4.78 is 6.16. The Labute approximate surface area is 118 Å². The van der Waals surface area contributed by atoms with Gasteiger partial charge in [-0.15, -0.1) is 11.8 Å². The average molecular weight is 332 g/mol. The zero-order valence-electron chi connectivity index (χ0n) is 9.85. The highest BCUT2D eigenvalue weighted by molar-refractivity contribution is 9.10. The number of carbonyl (C=O) groups is 1. The zero-order chi connectivity index (χ0) is 13.1. The van der Waals surface area contributed by atoms with Crippen LogP contribution in [0.4, 0.5) is 0 Å². The van der Waals surface area contributed by atoms with Crippen LogP contribution in [0.15, 0.2) is 22.7 Å². The number of ether oxygens (including phenoxy) is 1. The van der Waals surface area contributed by atoms with Crippen LogP contribution in [-0.4, -0.2) is 30.0 Å². The largest absolute Gasteiger partial charge is 0.497 e. The Morgan fingerprint density at radius 3 is 3.06 bits per heavy atom. The summed E-state index contributed by atoms with van der Waals surface area (Å²) in [4.78, 5) is 11.0. The number of methoxy groups -OCH3 is 1. The Morgan fingerprint density at radius 2 is 2.39 bits per heavy atom. The van der Waals surface area contributed by atoms with E-state index in [0.717, 1.165) is 21.5 Å². The van der Waals surface area contributed by atoms with Crippen LogP contribution in [0.25, 0.3) is 0 Å². The average Bonchev–Trinajstić information content (AvgIpc) is 2.39. The van der Waals surface area contributed by atoms with Gasteiger partial charge in [0.2, 0.25) is 0 Å². The second-order valence-electron chi connectivity index (χ2n) is 3.98. The van der Waals surface area contributed by atoms with Crippen LogP contribution in [0.1, 0.15) is 17.4 Å². The number of rotatable bonds is 3. The van der Waals surface area contributed by atoms with Crippen molar-refractivity contribution in [3.63, 3.8) is 0 Å². The van der Waals surface area contributed by atoms with Gasteiger partial charge in [0.25, 0.3) is 0 Å². The van der Waals surface area contributed by atoms with E-state index < -0.39 is 12.0 Å². The third-order valence-corrected chi connectivity index (χ3v) is 4.74. The number of thioether (sulfide) groups is 1. The van der Waals surface area contributed by atoms with Crippen molar-refractivity contribution < 1.29 is 14.6 Å². The Morgan fingerprint density at radius 1 is 1.61 bits per heavy atom. The molecule has 2 atom stereocenters. The van der Waals surface area contributed by atoms with Gasteiger partial charge in [-0.2, -0.15) is 0 Å². The maximum absolute atomic E-state index is 11.0. The van der Waals surface area contributed by atoms with Crippen molar-refractivity contribution in [3.8, 4) is 5.75 Å². The van der Waals surface area contributed by atoms with E-state index in [4.69, 9.17) is 9.84 Å². The second-order valence-corrected chi connectivity index (χ2v) is 6.05. The van der Waals surface area contributed by atoms with Crippen LogP contribution in [0.2, 0.25) is 0 Å². The van der Waals surface area contributed by atoms with Gasteiger partial charge >= 0.3 is 5.97 Å². The minimum Gasteiger partial charge on any atom is -0.497 e. The molecule has 18 heavy (non-hydrogen) atoms. The molecule has 1 saturated heterocycles. The fraction of sp³-hybridized carbons (Fsp3) is 0.417. The Balaban J connectivity index is 2.22. The molecule has 1 aromatic carbocycles. The molecule has 1 aliphatic rings. The van der Waals surface area contributed by atoms with Crippen molar-refractivity contribution in [2.75, 3.05) is 12.9 Å². The summed E-state index contributed by atoms with van der Waals surface area (Å²) >= 11 is 5.21. The van der Waals surface area contributed by atoms with E-state index in [-0.39, 0.29) is 5.37 Å².